The van der Waals surface area contributed by atoms with Crippen molar-refractivity contribution in [1.82, 2.24) is 0 Å². The molecule has 0 bridgehead atoms. The Labute approximate surface area is 110 Å². The van der Waals surface area contributed by atoms with E-state index in [1.807, 2.05) is 26.0 Å². The molecule has 1 aliphatic rings. The van der Waals surface area contributed by atoms with E-state index < -0.39 is 0 Å². The van der Waals surface area contributed by atoms with Crippen molar-refractivity contribution < 1.29 is 9.47 Å². The average Bonchev–Trinajstić information content (AvgIpc) is 2.96. The van der Waals surface area contributed by atoms with Gasteiger partial charge >= 0.3 is 0 Å². The first-order valence-corrected chi connectivity index (χ1v) is 6.59. The van der Waals surface area contributed by atoms with Crippen molar-refractivity contribution in [2.45, 2.75) is 38.3 Å². The van der Waals surface area contributed by atoms with Crippen molar-refractivity contribution >= 4 is 15.9 Å². The van der Waals surface area contributed by atoms with Gasteiger partial charge in [0.2, 0.25) is 0 Å². The lowest BCUT2D eigenvalue weighted by Gasteiger charge is -2.18. The van der Waals surface area contributed by atoms with Gasteiger partial charge in [-0.25, -0.2) is 0 Å². The fourth-order valence-corrected chi connectivity index (χ4v) is 2.54. The number of benzene rings is 1. The molecule has 1 aromatic rings. The van der Waals surface area contributed by atoms with Crippen LogP contribution in [0.15, 0.2) is 16.6 Å². The first-order valence-electron chi connectivity index (χ1n) is 5.80. The maximum Gasteiger partial charge on any atom is 0.162 e. The van der Waals surface area contributed by atoms with E-state index in [2.05, 4.69) is 15.9 Å². The van der Waals surface area contributed by atoms with Gasteiger partial charge in [0, 0.05) is 10.0 Å². The predicted molar refractivity (Wildman–Crippen MR) is 71.6 cm³/mol. The molecule has 1 fully saturated rings. The minimum atomic E-state index is -0.178. The zero-order valence-corrected chi connectivity index (χ0v) is 12.0. The molecule has 0 amide bonds. The molecular formula is C13H18BrNO2. The van der Waals surface area contributed by atoms with Gasteiger partial charge < -0.3 is 15.2 Å². The average molecular weight is 300 g/mol. The second-order valence-corrected chi connectivity index (χ2v) is 5.66. The summed E-state index contributed by atoms with van der Waals surface area (Å²) in [6, 6.07) is 3.93. The van der Waals surface area contributed by atoms with Crippen LogP contribution in [-0.2, 0) is 5.54 Å². The highest BCUT2D eigenvalue weighted by molar-refractivity contribution is 9.10. The van der Waals surface area contributed by atoms with E-state index in [1.165, 1.54) is 0 Å². The van der Waals surface area contributed by atoms with Crippen LogP contribution in [0.3, 0.4) is 0 Å². The van der Waals surface area contributed by atoms with Crippen molar-refractivity contribution in [1.29, 1.82) is 0 Å². The fourth-order valence-electron chi connectivity index (χ4n) is 1.83. The van der Waals surface area contributed by atoms with Gasteiger partial charge in [-0.05, 0) is 44.4 Å². The normalized spacial score (nSPS) is 17.1. The minimum Gasteiger partial charge on any atom is -0.493 e. The number of hydrogen-bond acceptors (Lipinski definition) is 3. The van der Waals surface area contributed by atoms with Crippen LogP contribution in [0.25, 0.3) is 0 Å². The van der Waals surface area contributed by atoms with E-state index in [-0.39, 0.29) is 11.6 Å². The summed E-state index contributed by atoms with van der Waals surface area (Å²) < 4.78 is 12.1. The van der Waals surface area contributed by atoms with E-state index in [0.29, 0.717) is 0 Å². The SMILES string of the molecule is COc1cc(C2(N)CC2)c(Br)cc1OC(C)C. The van der Waals surface area contributed by atoms with Crippen molar-refractivity contribution in [3.63, 3.8) is 0 Å². The van der Waals surface area contributed by atoms with Gasteiger partial charge in [0.05, 0.1) is 13.2 Å². The lowest BCUT2D eigenvalue weighted by Crippen LogP contribution is -2.19. The van der Waals surface area contributed by atoms with Gasteiger partial charge in [0.15, 0.2) is 11.5 Å². The Morgan fingerprint density at radius 2 is 1.94 bits per heavy atom. The Morgan fingerprint density at radius 3 is 2.41 bits per heavy atom. The highest BCUT2D eigenvalue weighted by Gasteiger charge is 2.42. The fraction of sp³-hybridized carbons (Fsp3) is 0.538. The molecule has 0 unspecified atom stereocenters. The molecule has 1 aliphatic carbocycles. The van der Waals surface area contributed by atoms with E-state index in [0.717, 1.165) is 34.4 Å². The van der Waals surface area contributed by atoms with Crippen molar-refractivity contribution in [2.75, 3.05) is 7.11 Å². The molecule has 0 aromatic heterocycles. The molecule has 17 heavy (non-hydrogen) atoms. The van der Waals surface area contributed by atoms with Crippen LogP contribution in [0.5, 0.6) is 11.5 Å². The Kier molecular flexibility index (Phi) is 3.36. The highest BCUT2D eigenvalue weighted by atomic mass is 79.9. The quantitative estimate of drug-likeness (QED) is 0.928. The highest BCUT2D eigenvalue weighted by Crippen LogP contribution is 2.48. The number of halogens is 1. The Balaban J connectivity index is 2.39. The summed E-state index contributed by atoms with van der Waals surface area (Å²) in [6.07, 6.45) is 2.17. The van der Waals surface area contributed by atoms with Gasteiger partial charge in [-0.1, -0.05) is 15.9 Å². The summed E-state index contributed by atoms with van der Waals surface area (Å²) in [5.74, 6) is 1.50. The van der Waals surface area contributed by atoms with Crippen LogP contribution in [0.2, 0.25) is 0 Å². The van der Waals surface area contributed by atoms with Gasteiger partial charge in [-0.3, -0.25) is 0 Å². The van der Waals surface area contributed by atoms with Crippen LogP contribution >= 0.6 is 15.9 Å². The topological polar surface area (TPSA) is 44.5 Å². The number of ether oxygens (including phenoxy) is 2. The number of nitrogens with two attached hydrogens (primary N) is 1. The molecule has 4 heteroatoms. The number of rotatable bonds is 4. The van der Waals surface area contributed by atoms with E-state index in [4.69, 9.17) is 15.2 Å². The van der Waals surface area contributed by atoms with Gasteiger partial charge in [0.1, 0.15) is 0 Å². The summed E-state index contributed by atoms with van der Waals surface area (Å²) in [5, 5.41) is 0. The molecule has 2 N–H and O–H groups in total. The molecule has 0 aliphatic heterocycles. The largest absolute Gasteiger partial charge is 0.493 e. The predicted octanol–water partition coefficient (Wildman–Crippen LogP) is 3.19. The second-order valence-electron chi connectivity index (χ2n) is 4.81. The molecular weight excluding hydrogens is 282 g/mol. The van der Waals surface area contributed by atoms with Gasteiger partial charge in [0.25, 0.3) is 0 Å². The minimum absolute atomic E-state index is 0.120. The monoisotopic (exact) mass is 299 g/mol. The van der Waals surface area contributed by atoms with E-state index in [9.17, 15) is 0 Å². The zero-order chi connectivity index (χ0) is 12.6. The second kappa shape index (κ2) is 4.50. The molecule has 1 saturated carbocycles. The molecule has 0 heterocycles. The molecule has 3 nitrogen and oxygen atoms in total. The lowest BCUT2D eigenvalue weighted by atomic mass is 10.1. The van der Waals surface area contributed by atoms with Crippen LogP contribution in [0, 0.1) is 0 Å². The van der Waals surface area contributed by atoms with Gasteiger partial charge in [-0.15, -0.1) is 0 Å². The molecule has 2 rings (SSSR count). The summed E-state index contributed by atoms with van der Waals surface area (Å²) in [7, 11) is 1.65. The summed E-state index contributed by atoms with van der Waals surface area (Å²) in [4.78, 5) is 0. The number of hydrogen-bond donors (Lipinski definition) is 1. The van der Waals surface area contributed by atoms with Crippen molar-refractivity contribution in [2.24, 2.45) is 5.73 Å². The number of methoxy groups -OCH3 is 1. The standard InChI is InChI=1S/C13H18BrNO2/c1-8(2)17-12-7-10(14)9(6-11(12)16-3)13(15)4-5-13/h6-8H,4-5,15H2,1-3H3. The van der Waals surface area contributed by atoms with E-state index >= 15 is 0 Å². The summed E-state index contributed by atoms with van der Waals surface area (Å²) in [6.45, 7) is 3.99. The molecule has 1 aromatic carbocycles. The first kappa shape index (κ1) is 12.7. The summed E-state index contributed by atoms with van der Waals surface area (Å²) in [5.41, 5.74) is 7.14. The van der Waals surface area contributed by atoms with Crippen molar-refractivity contribution in [3.05, 3.63) is 22.2 Å². The molecule has 0 atom stereocenters. The van der Waals surface area contributed by atoms with Crippen molar-refractivity contribution in [3.8, 4) is 11.5 Å². The third-order valence-electron chi connectivity index (χ3n) is 2.94. The third kappa shape index (κ3) is 2.58. The maximum absolute atomic E-state index is 6.22. The van der Waals surface area contributed by atoms with Crippen LogP contribution < -0.4 is 15.2 Å². The maximum atomic E-state index is 6.22. The Bertz CT molecular complexity index is 428. The zero-order valence-electron chi connectivity index (χ0n) is 10.4. The lowest BCUT2D eigenvalue weighted by molar-refractivity contribution is 0.230. The summed E-state index contributed by atoms with van der Waals surface area (Å²) >= 11 is 3.56. The third-order valence-corrected chi connectivity index (χ3v) is 3.60. The first-order chi connectivity index (χ1) is 7.96. The van der Waals surface area contributed by atoms with Crippen LogP contribution in [-0.4, -0.2) is 13.2 Å². The molecule has 0 radical (unpaired) electrons. The van der Waals surface area contributed by atoms with Crippen LogP contribution in [0.4, 0.5) is 0 Å². The Morgan fingerprint density at radius 1 is 1.29 bits per heavy atom. The molecule has 0 spiro atoms. The van der Waals surface area contributed by atoms with Gasteiger partial charge in [-0.2, -0.15) is 0 Å². The smallest absolute Gasteiger partial charge is 0.162 e. The molecule has 94 valence electrons. The molecule has 0 saturated heterocycles. The van der Waals surface area contributed by atoms with E-state index in [1.54, 1.807) is 7.11 Å². The van der Waals surface area contributed by atoms with Crippen LogP contribution in [0.1, 0.15) is 32.3 Å². The Hall–Kier alpha value is -0.740.